The topological polar surface area (TPSA) is 50.4 Å². The number of carbonyl (C=O) groups is 1. The van der Waals surface area contributed by atoms with Gasteiger partial charge in [-0.1, -0.05) is 18.2 Å². The Morgan fingerprint density at radius 3 is 2.76 bits per heavy atom. The summed E-state index contributed by atoms with van der Waals surface area (Å²) in [5.41, 5.74) is -0.796. The molecular weight excluding hydrogens is 285 g/mol. The van der Waals surface area contributed by atoms with Crippen LogP contribution in [0.3, 0.4) is 0 Å². The third-order valence-electron chi connectivity index (χ3n) is 3.48. The van der Waals surface area contributed by atoms with Gasteiger partial charge in [-0.25, -0.2) is 0 Å². The predicted molar refractivity (Wildman–Crippen MR) is 70.7 cm³/mol. The summed E-state index contributed by atoms with van der Waals surface area (Å²) in [5.74, 6) is -0.442. The van der Waals surface area contributed by atoms with Gasteiger partial charge in [0.2, 0.25) is 5.91 Å². The molecule has 21 heavy (non-hydrogen) atoms. The van der Waals surface area contributed by atoms with E-state index in [0.717, 1.165) is 6.07 Å². The highest BCUT2D eigenvalue weighted by Crippen LogP contribution is 2.32. The van der Waals surface area contributed by atoms with Crippen LogP contribution < -0.4 is 10.6 Å². The van der Waals surface area contributed by atoms with Crippen molar-refractivity contribution in [3.63, 3.8) is 0 Å². The lowest BCUT2D eigenvalue weighted by Gasteiger charge is -2.19. The van der Waals surface area contributed by atoms with E-state index in [1.54, 1.807) is 0 Å². The van der Waals surface area contributed by atoms with Crippen LogP contribution in [0.1, 0.15) is 11.1 Å². The van der Waals surface area contributed by atoms with Gasteiger partial charge >= 0.3 is 6.18 Å². The molecule has 0 saturated carbocycles. The van der Waals surface area contributed by atoms with Crippen molar-refractivity contribution >= 4 is 5.91 Å². The van der Waals surface area contributed by atoms with Crippen molar-refractivity contribution in [2.24, 2.45) is 0 Å². The quantitative estimate of drug-likeness (QED) is 0.883. The Morgan fingerprint density at radius 1 is 1.38 bits per heavy atom. The molecule has 7 heteroatoms. The largest absolute Gasteiger partial charge is 0.416 e. The molecule has 0 aliphatic carbocycles. The minimum Gasteiger partial charge on any atom is -0.378 e. The van der Waals surface area contributed by atoms with Crippen LogP contribution in [-0.4, -0.2) is 38.3 Å². The predicted octanol–water partition coefficient (Wildman–Crippen LogP) is 1.35. The maximum Gasteiger partial charge on any atom is 0.416 e. The normalized spacial score (nSPS) is 22.3. The smallest absolute Gasteiger partial charge is 0.378 e. The van der Waals surface area contributed by atoms with Crippen molar-refractivity contribution < 1.29 is 22.7 Å². The average Bonchev–Trinajstić information content (AvgIpc) is 2.85. The lowest BCUT2D eigenvalue weighted by Crippen LogP contribution is -2.44. The summed E-state index contributed by atoms with van der Waals surface area (Å²) >= 11 is 0. The Labute approximate surface area is 120 Å². The van der Waals surface area contributed by atoms with E-state index in [2.05, 4.69) is 10.6 Å². The van der Waals surface area contributed by atoms with E-state index in [4.69, 9.17) is 4.74 Å². The van der Waals surface area contributed by atoms with Gasteiger partial charge in [0, 0.05) is 20.2 Å². The fraction of sp³-hybridized carbons (Fsp3) is 0.500. The molecule has 1 aliphatic heterocycles. The first-order chi connectivity index (χ1) is 9.91. The molecule has 1 aliphatic rings. The number of hydrogen-bond donors (Lipinski definition) is 2. The van der Waals surface area contributed by atoms with Crippen LogP contribution in [-0.2, 0) is 22.1 Å². The van der Waals surface area contributed by atoms with Gasteiger partial charge in [-0.3, -0.25) is 4.79 Å². The molecule has 2 rings (SSSR count). The van der Waals surface area contributed by atoms with E-state index in [9.17, 15) is 18.0 Å². The first-order valence-corrected chi connectivity index (χ1v) is 6.60. The van der Waals surface area contributed by atoms with Crippen LogP contribution in [0, 0.1) is 0 Å². The maximum absolute atomic E-state index is 12.9. The van der Waals surface area contributed by atoms with Gasteiger partial charge in [0.1, 0.15) is 0 Å². The number of amides is 1. The van der Waals surface area contributed by atoms with Crippen molar-refractivity contribution in [1.82, 2.24) is 10.6 Å². The number of halogens is 3. The Balaban J connectivity index is 2.03. The molecule has 1 heterocycles. The van der Waals surface area contributed by atoms with E-state index in [1.165, 1.54) is 25.3 Å². The van der Waals surface area contributed by atoms with Crippen molar-refractivity contribution in [2.75, 3.05) is 20.2 Å². The van der Waals surface area contributed by atoms with Crippen molar-refractivity contribution in [1.29, 1.82) is 0 Å². The zero-order chi connectivity index (χ0) is 15.5. The second-order valence-corrected chi connectivity index (χ2v) is 4.94. The zero-order valence-electron chi connectivity index (χ0n) is 11.5. The molecule has 0 aromatic heterocycles. The highest BCUT2D eigenvalue weighted by atomic mass is 19.4. The molecule has 0 unspecified atom stereocenters. The minimum atomic E-state index is -4.46. The highest BCUT2D eigenvalue weighted by Gasteiger charge is 2.34. The lowest BCUT2D eigenvalue weighted by atomic mass is 10.0. The van der Waals surface area contributed by atoms with Gasteiger partial charge < -0.3 is 15.4 Å². The summed E-state index contributed by atoms with van der Waals surface area (Å²) < 4.78 is 43.8. The van der Waals surface area contributed by atoms with Crippen LogP contribution >= 0.6 is 0 Å². The summed E-state index contributed by atoms with van der Waals surface area (Å²) in [7, 11) is 1.54. The third-order valence-corrected chi connectivity index (χ3v) is 3.48. The van der Waals surface area contributed by atoms with Crippen LogP contribution in [0.2, 0.25) is 0 Å². The lowest BCUT2D eigenvalue weighted by molar-refractivity contribution is -0.138. The van der Waals surface area contributed by atoms with E-state index in [1.807, 2.05) is 0 Å². The van der Waals surface area contributed by atoms with Crippen molar-refractivity contribution in [3.05, 3.63) is 35.4 Å². The summed E-state index contributed by atoms with van der Waals surface area (Å²) in [4.78, 5) is 11.9. The molecule has 1 fully saturated rings. The molecule has 2 N–H and O–H groups in total. The average molecular weight is 302 g/mol. The van der Waals surface area contributed by atoms with E-state index < -0.39 is 17.6 Å². The van der Waals surface area contributed by atoms with Crippen molar-refractivity contribution in [2.45, 2.75) is 24.7 Å². The highest BCUT2D eigenvalue weighted by molar-refractivity contribution is 5.79. The Bertz CT molecular complexity index is 505. The minimum absolute atomic E-state index is 0.0255. The molecule has 0 radical (unpaired) electrons. The molecule has 116 valence electrons. The van der Waals surface area contributed by atoms with Crippen LogP contribution in [0.5, 0.6) is 0 Å². The van der Waals surface area contributed by atoms with Gasteiger partial charge in [-0.2, -0.15) is 13.2 Å². The molecular formula is C14H17F3N2O2. The first-order valence-electron chi connectivity index (χ1n) is 6.60. The molecule has 4 nitrogen and oxygen atoms in total. The Morgan fingerprint density at radius 2 is 2.10 bits per heavy atom. The van der Waals surface area contributed by atoms with E-state index in [-0.39, 0.29) is 24.1 Å². The number of alkyl halides is 3. The number of nitrogens with one attached hydrogen (secondary N) is 2. The second-order valence-electron chi connectivity index (χ2n) is 4.94. The Hall–Kier alpha value is -1.60. The molecule has 1 saturated heterocycles. The van der Waals surface area contributed by atoms with Crippen molar-refractivity contribution in [3.8, 4) is 0 Å². The number of hydrogen-bond acceptors (Lipinski definition) is 3. The standard InChI is InChI=1S/C14H17F3N2O2/c1-21-12-8-18-7-11(12)19-13(20)6-9-4-2-3-5-10(9)14(15,16)17/h2-5,11-12,18H,6-8H2,1H3,(H,19,20)/t11-,12+/m1/s1. The number of rotatable bonds is 4. The third kappa shape index (κ3) is 3.95. The van der Waals surface area contributed by atoms with Crippen LogP contribution in [0.15, 0.2) is 24.3 Å². The van der Waals surface area contributed by atoms with Gasteiger partial charge in [-0.15, -0.1) is 0 Å². The molecule has 0 bridgehead atoms. The van der Waals surface area contributed by atoms with Gasteiger partial charge in [0.15, 0.2) is 0 Å². The second kappa shape index (κ2) is 6.44. The zero-order valence-corrected chi connectivity index (χ0v) is 11.5. The maximum atomic E-state index is 12.9. The molecule has 1 aromatic rings. The molecule has 1 aromatic carbocycles. The van der Waals surface area contributed by atoms with Gasteiger partial charge in [0.25, 0.3) is 0 Å². The fourth-order valence-corrected chi connectivity index (χ4v) is 2.43. The molecule has 2 atom stereocenters. The SMILES string of the molecule is CO[C@H]1CNC[C@H]1NC(=O)Cc1ccccc1C(F)(F)F. The number of benzene rings is 1. The Kier molecular flexibility index (Phi) is 4.84. The summed E-state index contributed by atoms with van der Waals surface area (Å²) in [6.07, 6.45) is -4.92. The molecule has 1 amide bonds. The number of ether oxygens (including phenoxy) is 1. The number of methoxy groups -OCH3 is 1. The van der Waals surface area contributed by atoms with Gasteiger partial charge in [0.05, 0.1) is 24.1 Å². The summed E-state index contributed by atoms with van der Waals surface area (Å²) in [5, 5.41) is 5.77. The first kappa shape index (κ1) is 15.8. The van der Waals surface area contributed by atoms with Crippen LogP contribution in [0.25, 0.3) is 0 Å². The fourth-order valence-electron chi connectivity index (χ4n) is 2.43. The van der Waals surface area contributed by atoms with E-state index in [0.29, 0.717) is 13.1 Å². The van der Waals surface area contributed by atoms with Gasteiger partial charge in [-0.05, 0) is 11.6 Å². The van der Waals surface area contributed by atoms with E-state index >= 15 is 0 Å². The summed E-state index contributed by atoms with van der Waals surface area (Å²) in [6.45, 7) is 1.16. The summed E-state index contributed by atoms with van der Waals surface area (Å²) in [6, 6.07) is 4.89. The molecule has 0 spiro atoms. The number of carbonyl (C=O) groups excluding carboxylic acids is 1. The monoisotopic (exact) mass is 302 g/mol. The van der Waals surface area contributed by atoms with Crippen LogP contribution in [0.4, 0.5) is 13.2 Å².